The molecule has 2 nitrogen and oxygen atoms in total. The first-order chi connectivity index (χ1) is 9.63. The Hall–Kier alpha value is -1.32. The fourth-order valence-corrected chi connectivity index (χ4v) is 2.81. The number of para-hydroxylation sites is 1. The maximum absolute atomic E-state index is 6.07. The van der Waals surface area contributed by atoms with Crippen LogP contribution in [0, 0.1) is 13.8 Å². The smallest absolute Gasteiger partial charge is 0.137 e. The van der Waals surface area contributed by atoms with Crippen LogP contribution < -0.4 is 10.5 Å². The van der Waals surface area contributed by atoms with E-state index >= 15 is 0 Å². The number of halogens is 1. The molecular formula is C17H20BrNO. The highest BCUT2D eigenvalue weighted by Gasteiger charge is 2.09. The number of benzene rings is 2. The van der Waals surface area contributed by atoms with Crippen molar-refractivity contribution in [3.8, 4) is 5.75 Å². The summed E-state index contributed by atoms with van der Waals surface area (Å²) in [5, 5.41) is 0. The van der Waals surface area contributed by atoms with Gasteiger partial charge in [0.2, 0.25) is 0 Å². The van der Waals surface area contributed by atoms with Crippen LogP contribution in [-0.4, -0.2) is 6.54 Å². The van der Waals surface area contributed by atoms with Gasteiger partial charge in [0.15, 0.2) is 0 Å². The zero-order chi connectivity index (χ0) is 14.5. The Balaban J connectivity index is 2.23. The lowest BCUT2D eigenvalue weighted by Gasteiger charge is -2.15. The molecule has 0 unspecified atom stereocenters. The average molecular weight is 334 g/mol. The maximum atomic E-state index is 6.07. The van der Waals surface area contributed by atoms with Crippen LogP contribution in [0.5, 0.6) is 5.75 Å². The zero-order valence-electron chi connectivity index (χ0n) is 11.9. The number of rotatable bonds is 5. The summed E-state index contributed by atoms with van der Waals surface area (Å²) in [7, 11) is 0. The Morgan fingerprint density at radius 3 is 2.35 bits per heavy atom. The van der Waals surface area contributed by atoms with E-state index in [1.807, 2.05) is 12.1 Å². The first kappa shape index (κ1) is 15.1. The van der Waals surface area contributed by atoms with Crippen molar-refractivity contribution in [1.29, 1.82) is 0 Å². The Morgan fingerprint density at radius 1 is 1.05 bits per heavy atom. The van der Waals surface area contributed by atoms with Gasteiger partial charge in [-0.2, -0.15) is 0 Å². The number of aryl methyl sites for hydroxylation is 2. The molecule has 0 heterocycles. The van der Waals surface area contributed by atoms with E-state index < -0.39 is 0 Å². The van der Waals surface area contributed by atoms with E-state index in [-0.39, 0.29) is 0 Å². The first-order valence-corrected chi connectivity index (χ1v) is 7.58. The molecule has 0 aliphatic rings. The summed E-state index contributed by atoms with van der Waals surface area (Å²) >= 11 is 3.56. The molecule has 106 valence electrons. The molecule has 0 saturated heterocycles. The van der Waals surface area contributed by atoms with E-state index in [0.717, 1.165) is 22.2 Å². The molecule has 0 amide bonds. The molecule has 20 heavy (non-hydrogen) atoms. The fourth-order valence-electron chi connectivity index (χ4n) is 2.29. The molecule has 3 heteroatoms. The second kappa shape index (κ2) is 6.91. The summed E-state index contributed by atoms with van der Waals surface area (Å²) in [6, 6.07) is 12.4. The summed E-state index contributed by atoms with van der Waals surface area (Å²) in [5.41, 5.74) is 10.6. The Bertz CT molecular complexity index is 575. The number of ether oxygens (including phenoxy) is 1. The van der Waals surface area contributed by atoms with Gasteiger partial charge in [-0.15, -0.1) is 0 Å². The van der Waals surface area contributed by atoms with Gasteiger partial charge in [0.25, 0.3) is 0 Å². The van der Waals surface area contributed by atoms with Crippen molar-refractivity contribution >= 4 is 15.9 Å². The van der Waals surface area contributed by atoms with Gasteiger partial charge in [0.05, 0.1) is 4.47 Å². The molecule has 0 spiro atoms. The van der Waals surface area contributed by atoms with Crippen LogP contribution in [0.1, 0.15) is 22.3 Å². The van der Waals surface area contributed by atoms with Gasteiger partial charge in [0.1, 0.15) is 12.4 Å². The van der Waals surface area contributed by atoms with Crippen LogP contribution in [0.2, 0.25) is 0 Å². The van der Waals surface area contributed by atoms with Gasteiger partial charge in [-0.3, -0.25) is 0 Å². The Labute approximate surface area is 129 Å². The fraction of sp³-hybridized carbons (Fsp3) is 0.294. The van der Waals surface area contributed by atoms with Gasteiger partial charge in [-0.05, 0) is 71.1 Å². The van der Waals surface area contributed by atoms with E-state index in [1.165, 1.54) is 16.7 Å². The maximum Gasteiger partial charge on any atom is 0.137 e. The minimum atomic E-state index is 0.582. The molecule has 0 fully saturated rings. The third-order valence-electron chi connectivity index (χ3n) is 3.47. The van der Waals surface area contributed by atoms with Gasteiger partial charge < -0.3 is 10.5 Å². The van der Waals surface area contributed by atoms with Crippen molar-refractivity contribution in [3.63, 3.8) is 0 Å². The SMILES string of the molecule is Cc1cccc(C)c1COc1c(Br)cccc1CCN. The molecule has 0 saturated carbocycles. The molecule has 2 N–H and O–H groups in total. The van der Waals surface area contributed by atoms with Crippen LogP contribution in [0.3, 0.4) is 0 Å². The number of hydrogen-bond acceptors (Lipinski definition) is 2. The predicted molar refractivity (Wildman–Crippen MR) is 87.1 cm³/mol. The van der Waals surface area contributed by atoms with E-state index in [0.29, 0.717) is 13.2 Å². The highest BCUT2D eigenvalue weighted by Crippen LogP contribution is 2.30. The van der Waals surface area contributed by atoms with Gasteiger partial charge in [-0.1, -0.05) is 30.3 Å². The van der Waals surface area contributed by atoms with E-state index in [9.17, 15) is 0 Å². The molecular weight excluding hydrogens is 314 g/mol. The normalized spacial score (nSPS) is 10.6. The average Bonchev–Trinajstić information content (AvgIpc) is 2.41. The summed E-state index contributed by atoms with van der Waals surface area (Å²) < 4.78 is 7.05. The van der Waals surface area contributed by atoms with Gasteiger partial charge in [0, 0.05) is 0 Å². The van der Waals surface area contributed by atoms with Crippen molar-refractivity contribution in [3.05, 3.63) is 63.1 Å². The molecule has 0 aliphatic carbocycles. The van der Waals surface area contributed by atoms with Crippen molar-refractivity contribution < 1.29 is 4.74 Å². The predicted octanol–water partition coefficient (Wildman–Crippen LogP) is 4.15. The van der Waals surface area contributed by atoms with Crippen molar-refractivity contribution in [2.24, 2.45) is 5.73 Å². The Kier molecular flexibility index (Phi) is 5.21. The third kappa shape index (κ3) is 3.41. The molecule has 2 rings (SSSR count). The lowest BCUT2D eigenvalue weighted by atomic mass is 10.0. The van der Waals surface area contributed by atoms with Crippen LogP contribution in [0.4, 0.5) is 0 Å². The first-order valence-electron chi connectivity index (χ1n) is 6.79. The molecule has 0 aliphatic heterocycles. The number of nitrogens with two attached hydrogens (primary N) is 1. The van der Waals surface area contributed by atoms with Crippen molar-refractivity contribution in [2.45, 2.75) is 26.9 Å². The van der Waals surface area contributed by atoms with Gasteiger partial charge in [-0.25, -0.2) is 0 Å². The minimum absolute atomic E-state index is 0.582. The van der Waals surface area contributed by atoms with E-state index in [4.69, 9.17) is 10.5 Å². The van der Waals surface area contributed by atoms with E-state index in [1.54, 1.807) is 0 Å². The van der Waals surface area contributed by atoms with Crippen molar-refractivity contribution in [2.75, 3.05) is 6.54 Å². The molecule has 0 radical (unpaired) electrons. The summed E-state index contributed by atoms with van der Waals surface area (Å²) in [6.45, 7) is 5.44. The minimum Gasteiger partial charge on any atom is -0.487 e. The molecule has 2 aromatic carbocycles. The standard InChI is InChI=1S/C17H20BrNO/c1-12-5-3-6-13(2)15(12)11-20-17-14(9-10-19)7-4-8-16(17)18/h3-8H,9-11,19H2,1-2H3. The monoisotopic (exact) mass is 333 g/mol. The van der Waals surface area contributed by atoms with Crippen LogP contribution in [0.15, 0.2) is 40.9 Å². The second-order valence-electron chi connectivity index (χ2n) is 4.93. The van der Waals surface area contributed by atoms with Crippen LogP contribution in [-0.2, 0) is 13.0 Å². The van der Waals surface area contributed by atoms with Crippen LogP contribution in [0.25, 0.3) is 0 Å². The molecule has 0 atom stereocenters. The molecule has 0 bridgehead atoms. The number of hydrogen-bond donors (Lipinski definition) is 1. The largest absolute Gasteiger partial charge is 0.487 e. The third-order valence-corrected chi connectivity index (χ3v) is 4.09. The van der Waals surface area contributed by atoms with E-state index in [2.05, 4.69) is 54.0 Å². The molecule has 0 aromatic heterocycles. The van der Waals surface area contributed by atoms with Crippen molar-refractivity contribution in [1.82, 2.24) is 0 Å². The molecule has 2 aromatic rings. The highest BCUT2D eigenvalue weighted by molar-refractivity contribution is 9.10. The summed E-state index contributed by atoms with van der Waals surface area (Å²) in [5.74, 6) is 0.903. The highest BCUT2D eigenvalue weighted by atomic mass is 79.9. The topological polar surface area (TPSA) is 35.2 Å². The van der Waals surface area contributed by atoms with Crippen LogP contribution >= 0.6 is 15.9 Å². The zero-order valence-corrected chi connectivity index (χ0v) is 13.5. The summed E-state index contributed by atoms with van der Waals surface area (Å²) in [6.07, 6.45) is 0.821. The second-order valence-corrected chi connectivity index (χ2v) is 5.78. The Morgan fingerprint density at radius 2 is 1.70 bits per heavy atom. The summed E-state index contributed by atoms with van der Waals surface area (Å²) in [4.78, 5) is 0. The lowest BCUT2D eigenvalue weighted by molar-refractivity contribution is 0.299. The van der Waals surface area contributed by atoms with Gasteiger partial charge >= 0.3 is 0 Å². The lowest BCUT2D eigenvalue weighted by Crippen LogP contribution is -2.07. The quantitative estimate of drug-likeness (QED) is 0.892.